The second kappa shape index (κ2) is 5.75. The molecule has 0 saturated carbocycles. The molecular formula is C16H22N2O2. The summed E-state index contributed by atoms with van der Waals surface area (Å²) in [6.07, 6.45) is 0.301. The van der Waals surface area contributed by atoms with E-state index in [-0.39, 0.29) is 5.78 Å². The van der Waals surface area contributed by atoms with Crippen LogP contribution >= 0.6 is 0 Å². The van der Waals surface area contributed by atoms with Gasteiger partial charge >= 0.3 is 0 Å². The second-order valence-corrected chi connectivity index (χ2v) is 5.30. The molecule has 2 rings (SSSR count). The molecule has 0 bridgehead atoms. The summed E-state index contributed by atoms with van der Waals surface area (Å²) in [5.41, 5.74) is 1.25. The number of para-hydroxylation sites is 2. The van der Waals surface area contributed by atoms with Gasteiger partial charge in [-0.15, -0.1) is 0 Å². The molecule has 1 heterocycles. The summed E-state index contributed by atoms with van der Waals surface area (Å²) < 4.78 is 7.62. The van der Waals surface area contributed by atoms with Crippen molar-refractivity contribution in [2.75, 3.05) is 6.61 Å². The van der Waals surface area contributed by atoms with Gasteiger partial charge < -0.3 is 9.30 Å². The Labute approximate surface area is 119 Å². The lowest BCUT2D eigenvalue weighted by atomic mass is 10.0. The van der Waals surface area contributed by atoms with Crippen LogP contribution in [0.5, 0.6) is 0 Å². The van der Waals surface area contributed by atoms with Gasteiger partial charge in [0.15, 0.2) is 5.78 Å². The highest BCUT2D eigenvalue weighted by molar-refractivity contribution is 5.88. The summed E-state index contributed by atoms with van der Waals surface area (Å²) >= 11 is 0. The number of ketones is 1. The van der Waals surface area contributed by atoms with Crippen molar-refractivity contribution in [3.63, 3.8) is 0 Å². The molecule has 0 atom stereocenters. The van der Waals surface area contributed by atoms with E-state index in [0.717, 1.165) is 23.4 Å². The molecule has 0 radical (unpaired) electrons. The molecule has 4 nitrogen and oxygen atoms in total. The predicted octanol–water partition coefficient (Wildman–Crippen LogP) is 2.98. The fraction of sp³-hybridized carbons (Fsp3) is 0.500. The summed E-state index contributed by atoms with van der Waals surface area (Å²) in [6.45, 7) is 8.93. The first-order valence-electron chi connectivity index (χ1n) is 7.11. The first-order valence-corrected chi connectivity index (χ1v) is 7.11. The van der Waals surface area contributed by atoms with E-state index < -0.39 is 5.60 Å². The molecule has 20 heavy (non-hydrogen) atoms. The smallest absolute Gasteiger partial charge is 0.171 e. The van der Waals surface area contributed by atoms with Crippen LogP contribution in [0, 0.1) is 0 Å². The molecule has 0 aliphatic carbocycles. The number of carbonyl (C=O) groups is 1. The van der Waals surface area contributed by atoms with E-state index in [1.807, 2.05) is 45.0 Å². The van der Waals surface area contributed by atoms with Crippen molar-refractivity contribution >= 4 is 16.8 Å². The summed E-state index contributed by atoms with van der Waals surface area (Å²) in [5.74, 6) is 0.871. The normalized spacial score (nSPS) is 12.0. The lowest BCUT2D eigenvalue weighted by Crippen LogP contribution is -2.36. The second-order valence-electron chi connectivity index (χ2n) is 5.30. The highest BCUT2D eigenvalue weighted by Gasteiger charge is 2.29. The Hall–Kier alpha value is -1.68. The Morgan fingerprint density at radius 3 is 2.65 bits per heavy atom. The Balaban J connectivity index is 2.32. The fourth-order valence-electron chi connectivity index (χ4n) is 2.41. The average Bonchev–Trinajstić information content (AvgIpc) is 2.75. The van der Waals surface area contributed by atoms with E-state index in [2.05, 4.69) is 16.5 Å². The van der Waals surface area contributed by atoms with Crippen LogP contribution in [-0.4, -0.2) is 27.5 Å². The number of rotatable bonds is 6. The third-order valence-corrected chi connectivity index (χ3v) is 3.55. The topological polar surface area (TPSA) is 44.1 Å². The number of fused-ring (bicyclic) bond motifs is 1. The lowest BCUT2D eigenvalue weighted by molar-refractivity contribution is -0.139. The Morgan fingerprint density at radius 2 is 2.00 bits per heavy atom. The third kappa shape index (κ3) is 2.75. The van der Waals surface area contributed by atoms with E-state index in [4.69, 9.17) is 4.74 Å². The average molecular weight is 274 g/mol. The van der Waals surface area contributed by atoms with Crippen LogP contribution in [0.2, 0.25) is 0 Å². The summed E-state index contributed by atoms with van der Waals surface area (Å²) in [7, 11) is 0. The van der Waals surface area contributed by atoms with Crippen molar-refractivity contribution in [1.82, 2.24) is 9.55 Å². The van der Waals surface area contributed by atoms with Crippen LogP contribution in [0.1, 0.15) is 33.5 Å². The molecule has 2 aromatic rings. The number of carbonyl (C=O) groups excluding carboxylic acids is 1. The van der Waals surface area contributed by atoms with Gasteiger partial charge in [-0.2, -0.15) is 0 Å². The number of Topliss-reactive ketones (excluding diaryl/α,β-unsaturated/α-hetero) is 1. The number of imidazole rings is 1. The van der Waals surface area contributed by atoms with Gasteiger partial charge in [-0.3, -0.25) is 4.79 Å². The molecule has 4 heteroatoms. The van der Waals surface area contributed by atoms with Crippen molar-refractivity contribution in [2.45, 2.75) is 46.3 Å². The van der Waals surface area contributed by atoms with E-state index in [1.165, 1.54) is 0 Å². The molecule has 0 spiro atoms. The molecule has 1 aromatic heterocycles. The number of nitrogens with zero attached hydrogens (tertiary/aromatic N) is 2. The number of benzene rings is 1. The molecule has 108 valence electrons. The Kier molecular flexibility index (Phi) is 4.23. The van der Waals surface area contributed by atoms with Crippen LogP contribution in [0.15, 0.2) is 24.3 Å². The van der Waals surface area contributed by atoms with Crippen LogP contribution in [0.3, 0.4) is 0 Å². The molecule has 1 aromatic carbocycles. The third-order valence-electron chi connectivity index (χ3n) is 3.55. The molecular weight excluding hydrogens is 252 g/mol. The van der Waals surface area contributed by atoms with Gasteiger partial charge in [0.1, 0.15) is 11.4 Å². The maximum absolute atomic E-state index is 12.4. The minimum atomic E-state index is -0.758. The quantitative estimate of drug-likeness (QED) is 0.813. The monoisotopic (exact) mass is 274 g/mol. The highest BCUT2D eigenvalue weighted by atomic mass is 16.5. The number of hydrogen-bond donors (Lipinski definition) is 0. The summed E-state index contributed by atoms with van der Waals surface area (Å²) in [5, 5.41) is 0. The van der Waals surface area contributed by atoms with Gasteiger partial charge in [-0.25, -0.2) is 4.98 Å². The zero-order valence-corrected chi connectivity index (χ0v) is 12.6. The lowest BCUT2D eigenvalue weighted by Gasteiger charge is -2.22. The van der Waals surface area contributed by atoms with Crippen LogP contribution in [0.4, 0.5) is 0 Å². The molecule has 0 aliphatic rings. The van der Waals surface area contributed by atoms with Crippen LogP contribution in [-0.2, 0) is 22.5 Å². The van der Waals surface area contributed by atoms with E-state index in [9.17, 15) is 4.79 Å². The first-order chi connectivity index (χ1) is 9.49. The molecule has 0 aliphatic heterocycles. The number of ether oxygens (including phenoxy) is 1. The van der Waals surface area contributed by atoms with Gasteiger partial charge in [-0.05, 0) is 39.8 Å². The molecule has 0 saturated heterocycles. The van der Waals surface area contributed by atoms with Crippen molar-refractivity contribution < 1.29 is 9.53 Å². The van der Waals surface area contributed by atoms with Gasteiger partial charge in [0.25, 0.3) is 0 Å². The molecule has 0 fully saturated rings. The van der Waals surface area contributed by atoms with Gasteiger partial charge in [0.2, 0.25) is 0 Å². The Morgan fingerprint density at radius 1 is 1.30 bits per heavy atom. The van der Waals surface area contributed by atoms with Crippen molar-refractivity contribution in [3.8, 4) is 0 Å². The molecule has 0 unspecified atom stereocenters. The minimum absolute atomic E-state index is 0.0596. The van der Waals surface area contributed by atoms with E-state index in [1.54, 1.807) is 0 Å². The van der Waals surface area contributed by atoms with Gasteiger partial charge in [0, 0.05) is 13.2 Å². The Bertz CT molecular complexity index is 614. The number of aromatic nitrogens is 2. The van der Waals surface area contributed by atoms with Crippen molar-refractivity contribution in [1.29, 1.82) is 0 Å². The largest absolute Gasteiger partial charge is 0.368 e. The molecule has 0 N–H and O–H groups in total. The minimum Gasteiger partial charge on any atom is -0.368 e. The maximum atomic E-state index is 12.4. The first kappa shape index (κ1) is 14.7. The number of hydrogen-bond acceptors (Lipinski definition) is 3. The predicted molar refractivity (Wildman–Crippen MR) is 79.8 cm³/mol. The van der Waals surface area contributed by atoms with Crippen LogP contribution < -0.4 is 0 Å². The zero-order valence-electron chi connectivity index (χ0n) is 12.6. The van der Waals surface area contributed by atoms with E-state index in [0.29, 0.717) is 13.0 Å². The SMILES string of the molecule is CCOC(C)(C)C(=O)Cc1nc2ccccc2n1CC. The van der Waals surface area contributed by atoms with Gasteiger partial charge in [0.05, 0.1) is 17.5 Å². The standard InChI is InChI=1S/C16H22N2O2/c1-5-18-13-10-8-7-9-12(13)17-15(18)11-14(19)16(3,4)20-6-2/h7-10H,5-6,11H2,1-4H3. The van der Waals surface area contributed by atoms with Gasteiger partial charge in [-0.1, -0.05) is 12.1 Å². The number of aryl methyl sites for hydroxylation is 1. The fourth-order valence-corrected chi connectivity index (χ4v) is 2.41. The summed E-state index contributed by atoms with van der Waals surface area (Å²) in [6, 6.07) is 7.97. The summed E-state index contributed by atoms with van der Waals surface area (Å²) in [4.78, 5) is 17.0. The van der Waals surface area contributed by atoms with Crippen molar-refractivity contribution in [2.24, 2.45) is 0 Å². The molecule has 0 amide bonds. The van der Waals surface area contributed by atoms with E-state index >= 15 is 0 Å². The van der Waals surface area contributed by atoms with Crippen LogP contribution in [0.25, 0.3) is 11.0 Å². The maximum Gasteiger partial charge on any atom is 0.171 e. The highest BCUT2D eigenvalue weighted by Crippen LogP contribution is 2.19. The zero-order chi connectivity index (χ0) is 14.8. The van der Waals surface area contributed by atoms with Crippen molar-refractivity contribution in [3.05, 3.63) is 30.1 Å².